The fraction of sp³-hybridized carbons (Fsp3) is 0.316. The molecule has 2 rings (SSSR count). The summed E-state index contributed by atoms with van der Waals surface area (Å²) in [4.78, 5) is 36.2. The van der Waals surface area contributed by atoms with Gasteiger partial charge in [-0.2, -0.15) is 0 Å². The van der Waals surface area contributed by atoms with Crippen molar-refractivity contribution in [2.45, 2.75) is 19.9 Å². The number of nitrogens with one attached hydrogen (secondary N) is 3. The van der Waals surface area contributed by atoms with Crippen LogP contribution in [0, 0.1) is 5.92 Å². The molecule has 8 heteroatoms. The Morgan fingerprint density at radius 1 is 1.04 bits per heavy atom. The van der Waals surface area contributed by atoms with Crippen molar-refractivity contribution in [3.8, 4) is 0 Å². The Morgan fingerprint density at radius 3 is 2.19 bits per heavy atom. The summed E-state index contributed by atoms with van der Waals surface area (Å²) in [7, 11) is 1.44. The zero-order chi connectivity index (χ0) is 19.8. The van der Waals surface area contributed by atoms with Gasteiger partial charge in [-0.05, 0) is 42.3 Å². The van der Waals surface area contributed by atoms with Gasteiger partial charge in [-0.25, -0.2) is 0 Å². The molecule has 0 radical (unpaired) electrons. The first-order valence-corrected chi connectivity index (χ1v) is 8.44. The van der Waals surface area contributed by atoms with Crippen molar-refractivity contribution in [2.24, 2.45) is 5.92 Å². The van der Waals surface area contributed by atoms with E-state index in [1.165, 1.54) is 19.4 Å². The van der Waals surface area contributed by atoms with Gasteiger partial charge in [0.2, 0.25) is 11.8 Å². The lowest BCUT2D eigenvalue weighted by atomic mass is 10.0. The summed E-state index contributed by atoms with van der Waals surface area (Å²) >= 11 is 0. The van der Waals surface area contributed by atoms with Crippen molar-refractivity contribution in [1.29, 1.82) is 0 Å². The predicted octanol–water partition coefficient (Wildman–Crippen LogP) is 2.26. The summed E-state index contributed by atoms with van der Waals surface area (Å²) in [6.45, 7) is 3.63. The third-order valence-electron chi connectivity index (χ3n) is 3.69. The Labute approximate surface area is 157 Å². The molecule has 27 heavy (non-hydrogen) atoms. The summed E-state index contributed by atoms with van der Waals surface area (Å²) in [6.07, 6.45) is 1.40. The second-order valence-electron chi connectivity index (χ2n) is 6.22. The molecule has 2 aromatic rings. The average Bonchev–Trinajstić information content (AvgIpc) is 3.15. The van der Waals surface area contributed by atoms with Crippen LogP contribution in [0.5, 0.6) is 0 Å². The third kappa shape index (κ3) is 5.96. The van der Waals surface area contributed by atoms with Crippen LogP contribution < -0.4 is 16.0 Å². The van der Waals surface area contributed by atoms with Crippen molar-refractivity contribution >= 4 is 29.1 Å². The number of hydrogen-bond donors (Lipinski definition) is 3. The molecule has 0 spiro atoms. The minimum atomic E-state index is -0.733. The molecule has 0 saturated carbocycles. The topological polar surface area (TPSA) is 110 Å². The van der Waals surface area contributed by atoms with Crippen LogP contribution in [0.2, 0.25) is 0 Å². The molecule has 3 amide bonds. The first-order valence-electron chi connectivity index (χ1n) is 8.44. The number of hydrogen-bond acceptors (Lipinski definition) is 5. The van der Waals surface area contributed by atoms with Gasteiger partial charge in [-0.1, -0.05) is 13.8 Å². The number of furan rings is 1. The molecular formula is C19H23N3O5. The average molecular weight is 373 g/mol. The van der Waals surface area contributed by atoms with E-state index in [1.54, 1.807) is 30.3 Å². The Balaban J connectivity index is 1.98. The van der Waals surface area contributed by atoms with Crippen LogP contribution in [0.3, 0.4) is 0 Å². The minimum Gasteiger partial charge on any atom is -0.459 e. The van der Waals surface area contributed by atoms with Gasteiger partial charge < -0.3 is 25.1 Å². The van der Waals surface area contributed by atoms with Gasteiger partial charge in [0.05, 0.1) is 6.26 Å². The van der Waals surface area contributed by atoms with Gasteiger partial charge in [-0.15, -0.1) is 0 Å². The molecular weight excluding hydrogens is 350 g/mol. The zero-order valence-corrected chi connectivity index (χ0v) is 15.4. The van der Waals surface area contributed by atoms with Crippen molar-refractivity contribution in [2.75, 3.05) is 24.4 Å². The maximum Gasteiger partial charge on any atom is 0.287 e. The maximum absolute atomic E-state index is 12.6. The fourth-order valence-corrected chi connectivity index (χ4v) is 2.34. The highest BCUT2D eigenvalue weighted by atomic mass is 16.5. The second-order valence-corrected chi connectivity index (χ2v) is 6.22. The second kappa shape index (κ2) is 9.54. The third-order valence-corrected chi connectivity index (χ3v) is 3.69. The maximum atomic E-state index is 12.6. The van der Waals surface area contributed by atoms with Gasteiger partial charge in [0, 0.05) is 18.5 Å². The van der Waals surface area contributed by atoms with Crippen LogP contribution in [-0.2, 0) is 14.3 Å². The molecule has 1 aromatic carbocycles. The summed E-state index contributed by atoms with van der Waals surface area (Å²) < 4.78 is 9.80. The van der Waals surface area contributed by atoms with Crippen molar-refractivity contribution in [1.82, 2.24) is 5.32 Å². The molecule has 1 unspecified atom stereocenters. The lowest BCUT2D eigenvalue weighted by molar-refractivity contribution is -0.120. The molecule has 1 heterocycles. The number of rotatable bonds is 8. The molecule has 1 atom stereocenters. The van der Waals surface area contributed by atoms with E-state index < -0.39 is 11.9 Å². The SMILES string of the molecule is COCC(=O)Nc1ccc(NC(=O)C(NC(=O)c2ccco2)C(C)C)cc1. The largest absolute Gasteiger partial charge is 0.459 e. The van der Waals surface area contributed by atoms with Crippen molar-refractivity contribution in [3.63, 3.8) is 0 Å². The summed E-state index contributed by atoms with van der Waals surface area (Å²) in [5.41, 5.74) is 1.13. The summed E-state index contributed by atoms with van der Waals surface area (Å²) in [6, 6.07) is 9.04. The smallest absolute Gasteiger partial charge is 0.287 e. The molecule has 3 N–H and O–H groups in total. The van der Waals surface area contributed by atoms with Crippen molar-refractivity contribution < 1.29 is 23.5 Å². The standard InChI is InChI=1S/C19H23N3O5/c1-12(2)17(22-18(24)15-5-4-10-27-15)19(25)21-14-8-6-13(7-9-14)20-16(23)11-26-3/h4-10,12,17H,11H2,1-3H3,(H,20,23)(H,21,25)(H,22,24). The molecule has 144 valence electrons. The Kier molecular flexibility index (Phi) is 7.13. The zero-order valence-electron chi connectivity index (χ0n) is 15.4. The van der Waals surface area contributed by atoms with Crippen LogP contribution in [0.1, 0.15) is 24.4 Å². The number of anilines is 2. The number of benzene rings is 1. The van der Waals surface area contributed by atoms with E-state index >= 15 is 0 Å². The molecule has 0 bridgehead atoms. The van der Waals surface area contributed by atoms with Crippen LogP contribution in [-0.4, -0.2) is 37.5 Å². The van der Waals surface area contributed by atoms with E-state index in [2.05, 4.69) is 16.0 Å². The lowest BCUT2D eigenvalue weighted by Gasteiger charge is -2.21. The number of carbonyl (C=O) groups excluding carboxylic acids is 3. The van der Waals surface area contributed by atoms with E-state index in [-0.39, 0.29) is 30.1 Å². The van der Waals surface area contributed by atoms with Gasteiger partial charge in [-0.3, -0.25) is 14.4 Å². The number of amides is 3. The van der Waals surface area contributed by atoms with E-state index in [0.717, 1.165) is 0 Å². The van der Waals surface area contributed by atoms with Gasteiger partial charge in [0.1, 0.15) is 12.6 Å². The van der Waals surface area contributed by atoms with E-state index in [4.69, 9.17) is 9.15 Å². The van der Waals surface area contributed by atoms with Crippen LogP contribution in [0.25, 0.3) is 0 Å². The van der Waals surface area contributed by atoms with Gasteiger partial charge in [0.25, 0.3) is 5.91 Å². The summed E-state index contributed by atoms with van der Waals surface area (Å²) in [5.74, 6) is -1.05. The molecule has 0 aliphatic rings. The highest BCUT2D eigenvalue weighted by Gasteiger charge is 2.25. The van der Waals surface area contributed by atoms with E-state index in [0.29, 0.717) is 11.4 Å². The van der Waals surface area contributed by atoms with Gasteiger partial charge in [0.15, 0.2) is 5.76 Å². The normalized spacial score (nSPS) is 11.7. The lowest BCUT2D eigenvalue weighted by Crippen LogP contribution is -2.47. The molecule has 8 nitrogen and oxygen atoms in total. The van der Waals surface area contributed by atoms with Crippen LogP contribution >= 0.6 is 0 Å². The number of methoxy groups -OCH3 is 1. The Hall–Kier alpha value is -3.13. The Bertz CT molecular complexity index is 769. The van der Waals surface area contributed by atoms with Crippen LogP contribution in [0.4, 0.5) is 11.4 Å². The molecule has 0 fully saturated rings. The fourth-order valence-electron chi connectivity index (χ4n) is 2.34. The highest BCUT2D eigenvalue weighted by Crippen LogP contribution is 2.15. The highest BCUT2D eigenvalue weighted by molar-refractivity contribution is 6.00. The summed E-state index contributed by atoms with van der Waals surface area (Å²) in [5, 5.41) is 8.09. The predicted molar refractivity (Wildman–Crippen MR) is 100 cm³/mol. The number of ether oxygens (including phenoxy) is 1. The molecule has 0 aliphatic carbocycles. The van der Waals surface area contributed by atoms with Crippen LogP contribution in [0.15, 0.2) is 47.1 Å². The van der Waals surface area contributed by atoms with E-state index in [9.17, 15) is 14.4 Å². The number of carbonyl (C=O) groups is 3. The molecule has 1 aromatic heterocycles. The Morgan fingerprint density at radius 2 is 1.67 bits per heavy atom. The van der Waals surface area contributed by atoms with Crippen molar-refractivity contribution in [3.05, 3.63) is 48.4 Å². The minimum absolute atomic E-state index is 0.0378. The first kappa shape index (κ1) is 20.2. The molecule has 0 saturated heterocycles. The monoisotopic (exact) mass is 373 g/mol. The quantitative estimate of drug-likeness (QED) is 0.657. The van der Waals surface area contributed by atoms with Gasteiger partial charge >= 0.3 is 0 Å². The first-order chi connectivity index (χ1) is 12.9. The molecule has 0 aliphatic heterocycles. The van der Waals surface area contributed by atoms with E-state index in [1.807, 2.05) is 13.8 Å².